The van der Waals surface area contributed by atoms with Crippen LogP contribution in [0.15, 0.2) is 60.8 Å². The van der Waals surface area contributed by atoms with Gasteiger partial charge in [-0.2, -0.15) is 0 Å². The molecule has 0 aliphatic rings. The summed E-state index contributed by atoms with van der Waals surface area (Å²) in [5.41, 5.74) is 3.20. The van der Waals surface area contributed by atoms with Crippen molar-refractivity contribution >= 4 is 22.5 Å². The molecule has 0 unspecified atom stereocenters. The molecule has 0 saturated carbocycles. The van der Waals surface area contributed by atoms with Crippen LogP contribution in [-0.4, -0.2) is 10.5 Å². The molecule has 21 heavy (non-hydrogen) atoms. The number of nitrogens with one attached hydrogen (secondary N) is 1. The van der Waals surface area contributed by atoms with Crippen LogP contribution in [0.3, 0.4) is 0 Å². The molecule has 0 aliphatic heterocycles. The summed E-state index contributed by atoms with van der Waals surface area (Å²) in [5, 5.41) is 4.13. The van der Waals surface area contributed by atoms with Crippen molar-refractivity contribution in [2.24, 2.45) is 0 Å². The molecule has 0 aliphatic carbocycles. The number of aromatic nitrogens is 1. The Hall–Kier alpha value is -2.55. The lowest BCUT2D eigenvalue weighted by Gasteiger charge is -2.07. The molecule has 3 nitrogen and oxygen atoms in total. The van der Waals surface area contributed by atoms with E-state index >= 15 is 0 Å². The maximum atomic E-state index is 12.0. The number of hydrogen-bond donors (Lipinski definition) is 1. The van der Waals surface area contributed by atoms with Gasteiger partial charge < -0.3 is 9.88 Å². The molecule has 2 aromatic carbocycles. The Kier molecular flexibility index (Phi) is 3.73. The second-order valence-corrected chi connectivity index (χ2v) is 5.23. The number of rotatable bonds is 4. The molecule has 0 saturated heterocycles. The summed E-state index contributed by atoms with van der Waals surface area (Å²) in [6.45, 7) is 2.72. The van der Waals surface area contributed by atoms with E-state index in [1.807, 2.05) is 49.5 Å². The van der Waals surface area contributed by atoms with Crippen molar-refractivity contribution in [2.45, 2.75) is 19.9 Å². The van der Waals surface area contributed by atoms with Gasteiger partial charge in [-0.05, 0) is 36.6 Å². The predicted molar refractivity (Wildman–Crippen MR) is 86.4 cm³/mol. The first-order valence-electron chi connectivity index (χ1n) is 7.13. The van der Waals surface area contributed by atoms with Crippen LogP contribution in [0.2, 0.25) is 0 Å². The molecule has 1 N–H and O–H groups in total. The minimum Gasteiger partial charge on any atom is -0.347 e. The van der Waals surface area contributed by atoms with Gasteiger partial charge in [-0.1, -0.05) is 35.9 Å². The minimum atomic E-state index is 0.0386. The normalized spacial score (nSPS) is 10.7. The summed E-state index contributed by atoms with van der Waals surface area (Å²) < 4.78 is 2.12. The highest BCUT2D eigenvalue weighted by molar-refractivity contribution is 5.90. The number of para-hydroxylation sites is 1. The Labute approximate surface area is 124 Å². The predicted octanol–water partition coefficient (Wildman–Crippen LogP) is 3.98. The molecular weight excluding hydrogens is 260 g/mol. The quantitative estimate of drug-likeness (QED) is 0.769. The zero-order valence-electron chi connectivity index (χ0n) is 12.0. The van der Waals surface area contributed by atoms with Crippen LogP contribution >= 0.6 is 0 Å². The van der Waals surface area contributed by atoms with Crippen molar-refractivity contribution in [1.82, 2.24) is 4.57 Å². The zero-order chi connectivity index (χ0) is 14.7. The number of carbonyl (C=O) groups excluding carboxylic acids is 1. The van der Waals surface area contributed by atoms with Gasteiger partial charge in [-0.3, -0.25) is 4.79 Å². The molecule has 1 amide bonds. The monoisotopic (exact) mass is 278 g/mol. The summed E-state index contributed by atoms with van der Waals surface area (Å²) >= 11 is 0. The molecule has 3 aromatic rings. The molecule has 0 spiro atoms. The highest BCUT2D eigenvalue weighted by Crippen LogP contribution is 2.15. The number of carbonyl (C=O) groups is 1. The van der Waals surface area contributed by atoms with Crippen LogP contribution in [0, 0.1) is 6.92 Å². The van der Waals surface area contributed by atoms with E-state index in [1.54, 1.807) is 0 Å². The number of fused-ring (bicyclic) bond motifs is 1. The minimum absolute atomic E-state index is 0.0386. The van der Waals surface area contributed by atoms with Crippen LogP contribution in [-0.2, 0) is 11.3 Å². The molecule has 0 bridgehead atoms. The fourth-order valence-electron chi connectivity index (χ4n) is 2.42. The fraction of sp³-hybridized carbons (Fsp3) is 0.167. The third kappa shape index (κ3) is 3.14. The van der Waals surface area contributed by atoms with E-state index in [0.29, 0.717) is 13.0 Å². The van der Waals surface area contributed by atoms with Crippen molar-refractivity contribution in [2.75, 3.05) is 5.32 Å². The number of amides is 1. The lowest BCUT2D eigenvalue weighted by molar-refractivity contribution is -0.116. The van der Waals surface area contributed by atoms with E-state index in [2.05, 4.69) is 28.1 Å². The van der Waals surface area contributed by atoms with Gasteiger partial charge in [0.15, 0.2) is 0 Å². The third-order valence-corrected chi connectivity index (χ3v) is 3.60. The van der Waals surface area contributed by atoms with Crippen LogP contribution in [0.5, 0.6) is 0 Å². The standard InChI is InChI=1S/C18H18N2O/c1-14-6-8-16(9-7-14)19-18(21)11-13-20-12-10-15-4-2-3-5-17(15)20/h2-10,12H,11,13H2,1H3,(H,19,21). The molecular formula is C18H18N2O. The first-order valence-corrected chi connectivity index (χ1v) is 7.13. The third-order valence-electron chi connectivity index (χ3n) is 3.60. The molecule has 0 atom stereocenters. The average Bonchev–Trinajstić information content (AvgIpc) is 2.91. The topological polar surface area (TPSA) is 34.0 Å². The van der Waals surface area contributed by atoms with Crippen molar-refractivity contribution < 1.29 is 4.79 Å². The lowest BCUT2D eigenvalue weighted by Crippen LogP contribution is -2.14. The number of nitrogens with zero attached hydrogens (tertiary/aromatic N) is 1. The van der Waals surface area contributed by atoms with E-state index in [4.69, 9.17) is 0 Å². The van der Waals surface area contributed by atoms with Crippen LogP contribution in [0.1, 0.15) is 12.0 Å². The van der Waals surface area contributed by atoms with Gasteiger partial charge in [0.05, 0.1) is 0 Å². The van der Waals surface area contributed by atoms with Crippen LogP contribution < -0.4 is 5.32 Å². The number of anilines is 1. The van der Waals surface area contributed by atoms with Gasteiger partial charge in [-0.15, -0.1) is 0 Å². The number of hydrogen-bond acceptors (Lipinski definition) is 1. The van der Waals surface area contributed by atoms with Crippen molar-refractivity contribution in [3.8, 4) is 0 Å². The highest BCUT2D eigenvalue weighted by Gasteiger charge is 2.05. The van der Waals surface area contributed by atoms with Gasteiger partial charge in [0, 0.05) is 30.4 Å². The van der Waals surface area contributed by atoms with E-state index in [1.165, 1.54) is 16.5 Å². The van der Waals surface area contributed by atoms with Crippen LogP contribution in [0.25, 0.3) is 10.9 Å². The van der Waals surface area contributed by atoms with Crippen molar-refractivity contribution in [3.63, 3.8) is 0 Å². The summed E-state index contributed by atoms with van der Waals surface area (Å²) in [5.74, 6) is 0.0386. The van der Waals surface area contributed by atoms with Gasteiger partial charge >= 0.3 is 0 Å². The first kappa shape index (κ1) is 13.4. The molecule has 1 heterocycles. The maximum absolute atomic E-state index is 12.0. The van der Waals surface area contributed by atoms with Gasteiger partial charge in [0.25, 0.3) is 0 Å². The van der Waals surface area contributed by atoms with Gasteiger partial charge in [0.1, 0.15) is 0 Å². The van der Waals surface area contributed by atoms with Gasteiger partial charge in [0.2, 0.25) is 5.91 Å². The Bertz CT molecular complexity index is 756. The fourth-order valence-corrected chi connectivity index (χ4v) is 2.42. The molecule has 3 rings (SSSR count). The van der Waals surface area contributed by atoms with Gasteiger partial charge in [-0.25, -0.2) is 0 Å². The lowest BCUT2D eigenvalue weighted by atomic mass is 10.2. The highest BCUT2D eigenvalue weighted by atomic mass is 16.1. The first-order chi connectivity index (χ1) is 10.2. The van der Waals surface area contributed by atoms with E-state index < -0.39 is 0 Å². The average molecular weight is 278 g/mol. The van der Waals surface area contributed by atoms with E-state index in [9.17, 15) is 4.79 Å². The SMILES string of the molecule is Cc1ccc(NC(=O)CCn2ccc3ccccc32)cc1. The second kappa shape index (κ2) is 5.83. The molecule has 0 fully saturated rings. The summed E-state index contributed by atoms with van der Waals surface area (Å²) in [6, 6.07) is 18.1. The molecule has 3 heteroatoms. The summed E-state index contributed by atoms with van der Waals surface area (Å²) in [4.78, 5) is 12.0. The number of aryl methyl sites for hydroxylation is 2. The maximum Gasteiger partial charge on any atom is 0.226 e. The Balaban J connectivity index is 1.62. The van der Waals surface area contributed by atoms with E-state index in [-0.39, 0.29) is 5.91 Å². The second-order valence-electron chi connectivity index (χ2n) is 5.23. The summed E-state index contributed by atoms with van der Waals surface area (Å²) in [7, 11) is 0. The Morgan fingerprint density at radius 3 is 2.62 bits per heavy atom. The largest absolute Gasteiger partial charge is 0.347 e. The number of benzene rings is 2. The van der Waals surface area contributed by atoms with Crippen LogP contribution in [0.4, 0.5) is 5.69 Å². The van der Waals surface area contributed by atoms with E-state index in [0.717, 1.165) is 5.69 Å². The Morgan fingerprint density at radius 1 is 1.05 bits per heavy atom. The van der Waals surface area contributed by atoms with Crippen molar-refractivity contribution in [1.29, 1.82) is 0 Å². The molecule has 1 aromatic heterocycles. The smallest absolute Gasteiger partial charge is 0.226 e. The molecule has 106 valence electrons. The zero-order valence-corrected chi connectivity index (χ0v) is 12.0. The van der Waals surface area contributed by atoms with Crippen molar-refractivity contribution in [3.05, 3.63) is 66.4 Å². The molecule has 0 radical (unpaired) electrons. The summed E-state index contributed by atoms with van der Waals surface area (Å²) in [6.07, 6.45) is 2.50. The Morgan fingerprint density at radius 2 is 1.81 bits per heavy atom.